The molecular formula is C13H16O3. The summed E-state index contributed by atoms with van der Waals surface area (Å²) in [6.45, 7) is 2.14. The van der Waals surface area contributed by atoms with E-state index in [2.05, 4.69) is 6.92 Å². The third kappa shape index (κ3) is 1.66. The van der Waals surface area contributed by atoms with Crippen molar-refractivity contribution >= 4 is 5.78 Å². The Morgan fingerprint density at radius 3 is 2.44 bits per heavy atom. The lowest BCUT2D eigenvalue weighted by atomic mass is 9.83. The van der Waals surface area contributed by atoms with Crippen molar-refractivity contribution in [2.24, 2.45) is 0 Å². The third-order valence-electron chi connectivity index (χ3n) is 3.19. The Morgan fingerprint density at radius 2 is 1.81 bits per heavy atom. The van der Waals surface area contributed by atoms with Gasteiger partial charge in [-0.25, -0.2) is 0 Å². The number of fused-ring (bicyclic) bond motifs is 1. The highest BCUT2D eigenvalue weighted by atomic mass is 16.5. The van der Waals surface area contributed by atoms with Gasteiger partial charge in [0.15, 0.2) is 17.3 Å². The van der Waals surface area contributed by atoms with Crippen LogP contribution in [0, 0.1) is 0 Å². The zero-order valence-electron chi connectivity index (χ0n) is 9.87. The van der Waals surface area contributed by atoms with E-state index in [9.17, 15) is 4.79 Å². The summed E-state index contributed by atoms with van der Waals surface area (Å²) < 4.78 is 10.5. The highest BCUT2D eigenvalue weighted by molar-refractivity contribution is 5.99. The molecule has 0 saturated carbocycles. The Labute approximate surface area is 95.4 Å². The van der Waals surface area contributed by atoms with E-state index in [-0.39, 0.29) is 5.78 Å². The van der Waals surface area contributed by atoms with Crippen LogP contribution in [0.5, 0.6) is 11.5 Å². The van der Waals surface area contributed by atoms with Crippen molar-refractivity contribution < 1.29 is 14.3 Å². The summed E-state index contributed by atoms with van der Waals surface area (Å²) >= 11 is 0. The summed E-state index contributed by atoms with van der Waals surface area (Å²) in [5, 5.41) is 0. The van der Waals surface area contributed by atoms with Crippen LogP contribution in [-0.2, 0) is 0 Å². The fourth-order valence-electron chi connectivity index (χ4n) is 2.18. The lowest BCUT2D eigenvalue weighted by Crippen LogP contribution is -2.14. The Hall–Kier alpha value is -1.51. The van der Waals surface area contributed by atoms with Crippen LogP contribution >= 0.6 is 0 Å². The first-order valence-electron chi connectivity index (χ1n) is 5.46. The van der Waals surface area contributed by atoms with Gasteiger partial charge < -0.3 is 9.47 Å². The average molecular weight is 220 g/mol. The van der Waals surface area contributed by atoms with Gasteiger partial charge in [-0.05, 0) is 30.0 Å². The summed E-state index contributed by atoms with van der Waals surface area (Å²) in [7, 11) is 3.19. The lowest BCUT2D eigenvalue weighted by Gasteiger charge is -2.23. The highest BCUT2D eigenvalue weighted by Crippen LogP contribution is 2.38. The maximum atomic E-state index is 11.8. The maximum absolute atomic E-state index is 11.8. The molecule has 1 aliphatic carbocycles. The predicted molar refractivity (Wildman–Crippen MR) is 61.5 cm³/mol. The van der Waals surface area contributed by atoms with Gasteiger partial charge in [-0.2, -0.15) is 0 Å². The summed E-state index contributed by atoms with van der Waals surface area (Å²) in [6.07, 6.45) is 1.55. The summed E-state index contributed by atoms with van der Waals surface area (Å²) in [4.78, 5) is 11.8. The standard InChI is InChI=1S/C13H16O3/c1-8-4-5-11(14)10-7-13(16-3)12(15-2)6-9(8)10/h6-8H,4-5H2,1-3H3. The summed E-state index contributed by atoms with van der Waals surface area (Å²) in [5.41, 5.74) is 1.87. The number of hydrogen-bond acceptors (Lipinski definition) is 3. The molecular weight excluding hydrogens is 204 g/mol. The molecule has 0 N–H and O–H groups in total. The van der Waals surface area contributed by atoms with Crippen molar-refractivity contribution in [3.8, 4) is 11.5 Å². The molecule has 0 saturated heterocycles. The minimum absolute atomic E-state index is 0.203. The van der Waals surface area contributed by atoms with E-state index in [1.807, 2.05) is 6.07 Å². The molecule has 86 valence electrons. The molecule has 16 heavy (non-hydrogen) atoms. The van der Waals surface area contributed by atoms with Gasteiger partial charge in [-0.15, -0.1) is 0 Å². The Bertz CT molecular complexity index is 423. The second-order valence-corrected chi connectivity index (χ2v) is 4.16. The van der Waals surface area contributed by atoms with Crippen molar-refractivity contribution in [1.29, 1.82) is 0 Å². The first-order valence-corrected chi connectivity index (χ1v) is 5.46. The Balaban J connectivity index is 2.58. The highest BCUT2D eigenvalue weighted by Gasteiger charge is 2.25. The molecule has 1 aliphatic rings. The van der Waals surface area contributed by atoms with Gasteiger partial charge in [0.05, 0.1) is 14.2 Å². The normalized spacial score (nSPS) is 19.2. The monoisotopic (exact) mass is 220 g/mol. The molecule has 2 rings (SSSR count). The molecule has 3 nitrogen and oxygen atoms in total. The SMILES string of the molecule is COc1cc2c(cc1OC)C(C)CCC2=O. The van der Waals surface area contributed by atoms with E-state index >= 15 is 0 Å². The van der Waals surface area contributed by atoms with Gasteiger partial charge in [0.2, 0.25) is 0 Å². The van der Waals surface area contributed by atoms with E-state index in [0.717, 1.165) is 17.5 Å². The third-order valence-corrected chi connectivity index (χ3v) is 3.19. The molecule has 0 aliphatic heterocycles. The van der Waals surface area contributed by atoms with E-state index in [0.29, 0.717) is 23.8 Å². The lowest BCUT2D eigenvalue weighted by molar-refractivity contribution is 0.0967. The molecule has 0 fully saturated rings. The van der Waals surface area contributed by atoms with E-state index < -0.39 is 0 Å². The van der Waals surface area contributed by atoms with Crippen molar-refractivity contribution in [2.45, 2.75) is 25.7 Å². The van der Waals surface area contributed by atoms with Crippen LogP contribution in [0.3, 0.4) is 0 Å². The second-order valence-electron chi connectivity index (χ2n) is 4.16. The average Bonchev–Trinajstić information content (AvgIpc) is 2.32. The van der Waals surface area contributed by atoms with Crippen LogP contribution in [0.4, 0.5) is 0 Å². The molecule has 0 amide bonds. The van der Waals surface area contributed by atoms with Gasteiger partial charge in [-0.3, -0.25) is 4.79 Å². The first-order chi connectivity index (χ1) is 7.67. The smallest absolute Gasteiger partial charge is 0.163 e. The zero-order valence-corrected chi connectivity index (χ0v) is 9.87. The van der Waals surface area contributed by atoms with E-state index in [1.165, 1.54) is 0 Å². The number of carbonyl (C=O) groups is 1. The van der Waals surface area contributed by atoms with Gasteiger partial charge in [0, 0.05) is 12.0 Å². The molecule has 3 heteroatoms. The van der Waals surface area contributed by atoms with Gasteiger partial charge in [-0.1, -0.05) is 6.92 Å². The topological polar surface area (TPSA) is 35.5 Å². The molecule has 0 radical (unpaired) electrons. The number of hydrogen-bond donors (Lipinski definition) is 0. The quantitative estimate of drug-likeness (QED) is 0.768. The van der Waals surface area contributed by atoms with Gasteiger partial charge in [0.1, 0.15) is 0 Å². The van der Waals surface area contributed by atoms with Crippen LogP contribution in [-0.4, -0.2) is 20.0 Å². The molecule has 1 atom stereocenters. The molecule has 0 bridgehead atoms. The van der Waals surface area contributed by atoms with Gasteiger partial charge in [0.25, 0.3) is 0 Å². The fraction of sp³-hybridized carbons (Fsp3) is 0.462. The number of rotatable bonds is 2. The number of ether oxygens (including phenoxy) is 2. The molecule has 1 unspecified atom stereocenters. The summed E-state index contributed by atoms with van der Waals surface area (Å²) in [6, 6.07) is 3.72. The largest absolute Gasteiger partial charge is 0.493 e. The number of ketones is 1. The second kappa shape index (κ2) is 4.16. The van der Waals surface area contributed by atoms with Crippen molar-refractivity contribution in [1.82, 2.24) is 0 Å². The summed E-state index contributed by atoms with van der Waals surface area (Å²) in [5.74, 6) is 1.94. The van der Waals surface area contributed by atoms with Crippen LogP contribution in [0.15, 0.2) is 12.1 Å². The number of carbonyl (C=O) groups excluding carboxylic acids is 1. The molecule has 0 heterocycles. The van der Waals surface area contributed by atoms with Crippen molar-refractivity contribution in [2.75, 3.05) is 14.2 Å². The van der Waals surface area contributed by atoms with Crippen LogP contribution in [0.1, 0.15) is 41.6 Å². The minimum atomic E-state index is 0.203. The maximum Gasteiger partial charge on any atom is 0.163 e. The van der Waals surface area contributed by atoms with E-state index in [4.69, 9.17) is 9.47 Å². The Kier molecular flexibility index (Phi) is 2.86. The van der Waals surface area contributed by atoms with E-state index in [1.54, 1.807) is 20.3 Å². The molecule has 1 aromatic rings. The van der Waals surface area contributed by atoms with Crippen LogP contribution < -0.4 is 9.47 Å². The van der Waals surface area contributed by atoms with Crippen molar-refractivity contribution in [3.63, 3.8) is 0 Å². The number of methoxy groups -OCH3 is 2. The van der Waals surface area contributed by atoms with Crippen LogP contribution in [0.25, 0.3) is 0 Å². The zero-order chi connectivity index (χ0) is 11.7. The Morgan fingerprint density at radius 1 is 1.19 bits per heavy atom. The van der Waals surface area contributed by atoms with Crippen LogP contribution in [0.2, 0.25) is 0 Å². The minimum Gasteiger partial charge on any atom is -0.493 e. The molecule has 1 aromatic carbocycles. The molecule has 0 aromatic heterocycles. The molecule has 0 spiro atoms. The first kappa shape index (κ1) is 11.0. The number of benzene rings is 1. The van der Waals surface area contributed by atoms with Crippen molar-refractivity contribution in [3.05, 3.63) is 23.3 Å². The predicted octanol–water partition coefficient (Wildman–Crippen LogP) is 2.78. The number of Topliss-reactive ketones (excluding diaryl/α,β-unsaturated/α-hetero) is 1. The fourth-order valence-corrected chi connectivity index (χ4v) is 2.18. The van der Waals surface area contributed by atoms with Gasteiger partial charge >= 0.3 is 0 Å².